The van der Waals surface area contributed by atoms with E-state index in [-0.39, 0.29) is 17.9 Å². The Kier molecular flexibility index (Phi) is 6.80. The molecule has 0 aliphatic heterocycles. The number of amides is 2. The van der Waals surface area contributed by atoms with Crippen LogP contribution in [0.3, 0.4) is 0 Å². The van der Waals surface area contributed by atoms with Crippen molar-refractivity contribution < 1.29 is 14.3 Å². The lowest BCUT2D eigenvalue weighted by Crippen LogP contribution is -2.36. The lowest BCUT2D eigenvalue weighted by atomic mass is 9.82. The fourth-order valence-corrected chi connectivity index (χ4v) is 3.86. The Morgan fingerprint density at radius 3 is 2.53 bits per heavy atom. The Hall–Kier alpha value is -2.82. The summed E-state index contributed by atoms with van der Waals surface area (Å²) in [6, 6.07) is 15.9. The van der Waals surface area contributed by atoms with Crippen LogP contribution < -0.4 is 5.32 Å². The van der Waals surface area contributed by atoms with E-state index in [0.717, 1.165) is 36.1 Å². The van der Waals surface area contributed by atoms with E-state index in [1.807, 2.05) is 64.1 Å². The van der Waals surface area contributed by atoms with Gasteiger partial charge in [0.25, 0.3) is 0 Å². The highest BCUT2D eigenvalue weighted by atomic mass is 16.6. The van der Waals surface area contributed by atoms with Crippen molar-refractivity contribution in [2.45, 2.75) is 65.0 Å². The van der Waals surface area contributed by atoms with Gasteiger partial charge in [-0.2, -0.15) is 0 Å². The van der Waals surface area contributed by atoms with Crippen LogP contribution in [0.1, 0.15) is 63.1 Å². The molecule has 0 heterocycles. The van der Waals surface area contributed by atoms with Crippen LogP contribution in [0.25, 0.3) is 0 Å². The van der Waals surface area contributed by atoms with Gasteiger partial charge in [0.15, 0.2) is 0 Å². The lowest BCUT2D eigenvalue weighted by molar-refractivity contribution is -0.117. The molecule has 160 valence electrons. The molecule has 0 saturated heterocycles. The third-order valence-electron chi connectivity index (χ3n) is 5.36. The van der Waals surface area contributed by atoms with E-state index in [4.69, 9.17) is 4.74 Å². The molecule has 0 fully saturated rings. The maximum atomic E-state index is 13.1. The summed E-state index contributed by atoms with van der Waals surface area (Å²) in [5, 5.41) is 3.12. The largest absolute Gasteiger partial charge is 0.444 e. The van der Waals surface area contributed by atoms with Crippen molar-refractivity contribution in [3.05, 3.63) is 65.2 Å². The van der Waals surface area contributed by atoms with Gasteiger partial charge in [0.05, 0.1) is 12.5 Å². The Balaban J connectivity index is 1.76. The minimum atomic E-state index is -0.549. The number of fused-ring (bicyclic) bond motifs is 1. The molecule has 0 bridgehead atoms. The van der Waals surface area contributed by atoms with E-state index in [9.17, 15) is 9.59 Å². The summed E-state index contributed by atoms with van der Waals surface area (Å²) >= 11 is 0. The SMILES string of the molecule is CCN(Cc1ccccc1NC(=O)C1CCCc2ccccc21)C(=O)OC(C)(C)C. The van der Waals surface area contributed by atoms with Crippen LogP contribution >= 0.6 is 0 Å². The molecular formula is C25H32N2O3. The van der Waals surface area contributed by atoms with Gasteiger partial charge in [0.1, 0.15) is 5.60 Å². The topological polar surface area (TPSA) is 58.6 Å². The highest BCUT2D eigenvalue weighted by Crippen LogP contribution is 2.33. The van der Waals surface area contributed by atoms with E-state index in [0.29, 0.717) is 13.1 Å². The molecule has 1 N–H and O–H groups in total. The molecule has 0 aromatic heterocycles. The minimum absolute atomic E-state index is 0.00918. The Morgan fingerprint density at radius 1 is 1.10 bits per heavy atom. The number of carbonyl (C=O) groups is 2. The predicted octanol–water partition coefficient (Wildman–Crippen LogP) is 5.50. The van der Waals surface area contributed by atoms with E-state index >= 15 is 0 Å². The molecule has 30 heavy (non-hydrogen) atoms. The molecule has 2 amide bonds. The van der Waals surface area contributed by atoms with Crippen LogP contribution in [0.2, 0.25) is 0 Å². The van der Waals surface area contributed by atoms with Gasteiger partial charge >= 0.3 is 6.09 Å². The standard InChI is InChI=1S/C25H32N2O3/c1-5-27(24(29)30-25(2,3)4)17-19-12-7-9-16-22(19)26-23(28)21-15-10-13-18-11-6-8-14-20(18)21/h6-9,11-12,14,16,21H,5,10,13,15,17H2,1-4H3,(H,26,28). The molecule has 0 saturated carbocycles. The molecule has 3 rings (SSSR count). The number of hydrogen-bond donors (Lipinski definition) is 1. The van der Waals surface area contributed by atoms with Crippen LogP contribution in [-0.2, 0) is 22.5 Å². The summed E-state index contributed by atoms with van der Waals surface area (Å²) in [5.41, 5.74) is 3.48. The second-order valence-electron chi connectivity index (χ2n) is 8.78. The molecule has 2 aromatic carbocycles. The van der Waals surface area contributed by atoms with Crippen LogP contribution in [0.15, 0.2) is 48.5 Å². The number of nitrogens with zero attached hydrogens (tertiary/aromatic N) is 1. The molecule has 1 aliphatic rings. The van der Waals surface area contributed by atoms with Gasteiger partial charge in [0, 0.05) is 12.2 Å². The van der Waals surface area contributed by atoms with E-state index < -0.39 is 5.60 Å². The van der Waals surface area contributed by atoms with Crippen molar-refractivity contribution in [1.82, 2.24) is 4.90 Å². The number of rotatable bonds is 5. The summed E-state index contributed by atoms with van der Waals surface area (Å²) in [5.74, 6) is -0.133. The maximum Gasteiger partial charge on any atom is 0.410 e. The molecule has 2 aromatic rings. The Morgan fingerprint density at radius 2 is 1.80 bits per heavy atom. The van der Waals surface area contributed by atoms with Crippen molar-refractivity contribution in [1.29, 1.82) is 0 Å². The summed E-state index contributed by atoms with van der Waals surface area (Å²) in [7, 11) is 0. The zero-order valence-corrected chi connectivity index (χ0v) is 18.4. The first kappa shape index (κ1) is 21.9. The first-order valence-corrected chi connectivity index (χ1v) is 10.7. The van der Waals surface area contributed by atoms with Crippen LogP contribution in [0, 0.1) is 0 Å². The smallest absolute Gasteiger partial charge is 0.410 e. The third-order valence-corrected chi connectivity index (χ3v) is 5.36. The summed E-state index contributed by atoms with van der Waals surface area (Å²) < 4.78 is 5.52. The average molecular weight is 409 g/mol. The first-order valence-electron chi connectivity index (χ1n) is 10.7. The molecular weight excluding hydrogens is 376 g/mol. The highest BCUT2D eigenvalue weighted by Gasteiger charge is 2.27. The molecule has 1 aliphatic carbocycles. The molecule has 1 unspecified atom stereocenters. The van der Waals surface area contributed by atoms with Crippen molar-refractivity contribution in [3.63, 3.8) is 0 Å². The molecule has 5 heteroatoms. The molecule has 0 spiro atoms. The monoisotopic (exact) mass is 408 g/mol. The van der Waals surface area contributed by atoms with Crippen molar-refractivity contribution in [2.75, 3.05) is 11.9 Å². The fraction of sp³-hybridized carbons (Fsp3) is 0.440. The lowest BCUT2D eigenvalue weighted by Gasteiger charge is -2.28. The fourth-order valence-electron chi connectivity index (χ4n) is 3.86. The van der Waals surface area contributed by atoms with E-state index in [2.05, 4.69) is 17.4 Å². The summed E-state index contributed by atoms with van der Waals surface area (Å²) in [4.78, 5) is 27.3. The number of anilines is 1. The maximum absolute atomic E-state index is 13.1. The average Bonchev–Trinajstić information content (AvgIpc) is 2.71. The second kappa shape index (κ2) is 9.33. The second-order valence-corrected chi connectivity index (χ2v) is 8.78. The summed E-state index contributed by atoms with van der Waals surface area (Å²) in [6.45, 7) is 8.39. The Bertz CT molecular complexity index is 901. The molecule has 0 radical (unpaired) electrons. The summed E-state index contributed by atoms with van der Waals surface area (Å²) in [6.07, 6.45) is 2.54. The van der Waals surface area contributed by atoms with Gasteiger partial charge in [0.2, 0.25) is 5.91 Å². The van der Waals surface area contributed by atoms with Gasteiger partial charge in [-0.1, -0.05) is 42.5 Å². The van der Waals surface area contributed by atoms with Crippen molar-refractivity contribution in [3.8, 4) is 0 Å². The number of nitrogens with one attached hydrogen (secondary N) is 1. The van der Waals surface area contributed by atoms with Gasteiger partial charge in [-0.3, -0.25) is 4.79 Å². The van der Waals surface area contributed by atoms with Gasteiger partial charge in [-0.15, -0.1) is 0 Å². The zero-order chi connectivity index (χ0) is 21.7. The van der Waals surface area contributed by atoms with Crippen LogP contribution in [-0.4, -0.2) is 29.0 Å². The number of para-hydroxylation sites is 1. The van der Waals surface area contributed by atoms with Gasteiger partial charge < -0.3 is 15.0 Å². The number of benzene rings is 2. The highest BCUT2D eigenvalue weighted by molar-refractivity contribution is 5.96. The predicted molar refractivity (Wildman–Crippen MR) is 120 cm³/mol. The molecule has 5 nitrogen and oxygen atoms in total. The third kappa shape index (κ3) is 5.41. The minimum Gasteiger partial charge on any atom is -0.444 e. The first-order chi connectivity index (χ1) is 14.3. The normalized spacial score (nSPS) is 15.8. The zero-order valence-electron chi connectivity index (χ0n) is 18.4. The number of aryl methyl sites for hydroxylation is 1. The van der Waals surface area contributed by atoms with Crippen molar-refractivity contribution in [2.24, 2.45) is 0 Å². The van der Waals surface area contributed by atoms with E-state index in [1.165, 1.54) is 5.56 Å². The Labute approximate surface area is 179 Å². The number of carbonyl (C=O) groups excluding carboxylic acids is 2. The number of hydrogen-bond acceptors (Lipinski definition) is 3. The van der Waals surface area contributed by atoms with Crippen LogP contribution in [0.4, 0.5) is 10.5 Å². The van der Waals surface area contributed by atoms with Gasteiger partial charge in [-0.25, -0.2) is 4.79 Å². The number of ether oxygens (including phenoxy) is 1. The van der Waals surface area contributed by atoms with E-state index in [1.54, 1.807) is 4.90 Å². The van der Waals surface area contributed by atoms with Gasteiger partial charge in [-0.05, 0) is 69.7 Å². The van der Waals surface area contributed by atoms with Crippen molar-refractivity contribution >= 4 is 17.7 Å². The van der Waals surface area contributed by atoms with Crippen LogP contribution in [0.5, 0.6) is 0 Å². The quantitative estimate of drug-likeness (QED) is 0.710. The molecule has 1 atom stereocenters.